The van der Waals surface area contributed by atoms with Crippen LogP contribution in [-0.4, -0.2) is 44.3 Å². The quantitative estimate of drug-likeness (QED) is 0.138. The zero-order valence-corrected chi connectivity index (χ0v) is 27.3. The summed E-state index contributed by atoms with van der Waals surface area (Å²) in [5.41, 5.74) is 4.83. The summed E-state index contributed by atoms with van der Waals surface area (Å²) in [6.45, 7) is 11.5. The fourth-order valence-corrected chi connectivity index (χ4v) is 6.37. The van der Waals surface area contributed by atoms with E-state index in [-0.39, 0.29) is 23.9 Å². The van der Waals surface area contributed by atoms with Crippen LogP contribution >= 0.6 is 0 Å². The highest BCUT2D eigenvalue weighted by molar-refractivity contribution is 5.20. The van der Waals surface area contributed by atoms with Gasteiger partial charge in [0, 0.05) is 44.7 Å². The molecule has 0 saturated carbocycles. The molecule has 0 aliphatic rings. The molecule has 4 heteroatoms. The maximum Gasteiger partial charge on any atom is 0.130 e. The van der Waals surface area contributed by atoms with Crippen LogP contribution in [0.25, 0.3) is 0 Å². The van der Waals surface area contributed by atoms with Crippen LogP contribution in [0.2, 0.25) is 0 Å². The first kappa shape index (κ1) is 34.2. The lowest BCUT2D eigenvalue weighted by Crippen LogP contribution is -2.46. The molecule has 0 aliphatic carbocycles. The molecule has 0 aliphatic heterocycles. The Balaban J connectivity index is 1.53. The molecule has 236 valence electrons. The van der Waals surface area contributed by atoms with Crippen molar-refractivity contribution >= 4 is 0 Å². The first-order valence-corrected chi connectivity index (χ1v) is 16.3. The molecule has 0 aromatic heterocycles. The van der Waals surface area contributed by atoms with Gasteiger partial charge in [-0.1, -0.05) is 161 Å². The van der Waals surface area contributed by atoms with Crippen LogP contribution in [-0.2, 0) is 26.2 Å². The van der Waals surface area contributed by atoms with Crippen LogP contribution in [0.1, 0.15) is 56.4 Å². The van der Waals surface area contributed by atoms with E-state index in [9.17, 15) is 10.2 Å². The summed E-state index contributed by atoms with van der Waals surface area (Å²) >= 11 is 0. The summed E-state index contributed by atoms with van der Waals surface area (Å²) in [5.74, 6) is 6.75. The Morgan fingerprint density at radius 2 is 0.800 bits per heavy atom. The van der Waals surface area contributed by atoms with Crippen LogP contribution in [0, 0.1) is 23.7 Å². The average molecular weight is 603 g/mol. The van der Waals surface area contributed by atoms with Crippen molar-refractivity contribution in [3.05, 3.63) is 144 Å². The number of rotatable bonds is 15. The van der Waals surface area contributed by atoms with E-state index in [0.717, 1.165) is 13.1 Å². The van der Waals surface area contributed by atoms with Gasteiger partial charge in [0.2, 0.25) is 0 Å². The zero-order chi connectivity index (χ0) is 32.0. The first-order chi connectivity index (χ1) is 21.8. The Morgan fingerprint density at radius 1 is 0.489 bits per heavy atom. The van der Waals surface area contributed by atoms with E-state index in [1.165, 1.54) is 22.3 Å². The molecule has 0 fully saturated rings. The SMILES string of the molecule is CC(C)[C@@H]([C@H](O)C#CC[C@@H](O)[C@H](C(C)C)N(Cc1ccccc1)Cc1ccccc1)N(Cc1ccccc1)Cc1ccccc1. The maximum atomic E-state index is 11.6. The smallest absolute Gasteiger partial charge is 0.130 e. The van der Waals surface area contributed by atoms with Gasteiger partial charge in [0.1, 0.15) is 6.10 Å². The standard InChI is InChI=1S/C41H50N2O2/c1-32(2)40(42(28-34-18-9-5-10-19-34)29-35-20-11-6-12-21-35)38(44)26-17-27-39(45)41(33(3)4)43(30-36-22-13-7-14-23-36)31-37-24-15-8-16-25-37/h5-16,18-25,32-33,38-41,44-45H,26,28-31H2,1-4H3/t38-,39-,40+,41+/m1/s1. The van der Waals surface area contributed by atoms with E-state index in [1.807, 2.05) is 24.3 Å². The monoisotopic (exact) mass is 602 g/mol. The normalized spacial score (nSPS) is 14.3. The molecule has 4 aromatic carbocycles. The number of nitrogens with zero attached hydrogens (tertiary/aromatic N) is 2. The summed E-state index contributed by atoms with van der Waals surface area (Å²) in [6, 6.07) is 41.4. The third-order valence-corrected chi connectivity index (χ3v) is 8.40. The molecule has 4 rings (SSSR count). The predicted molar refractivity (Wildman–Crippen MR) is 186 cm³/mol. The van der Waals surface area contributed by atoms with Crippen molar-refractivity contribution in [1.29, 1.82) is 0 Å². The Kier molecular flexibility index (Phi) is 13.4. The van der Waals surface area contributed by atoms with Gasteiger partial charge in [0.25, 0.3) is 0 Å². The third kappa shape index (κ3) is 10.7. The molecule has 0 amide bonds. The van der Waals surface area contributed by atoms with Crippen molar-refractivity contribution in [3.8, 4) is 11.8 Å². The second kappa shape index (κ2) is 17.7. The molecular weight excluding hydrogens is 552 g/mol. The first-order valence-electron chi connectivity index (χ1n) is 16.3. The van der Waals surface area contributed by atoms with Crippen molar-refractivity contribution in [1.82, 2.24) is 9.80 Å². The Morgan fingerprint density at radius 3 is 1.11 bits per heavy atom. The van der Waals surface area contributed by atoms with E-state index in [4.69, 9.17) is 0 Å². The maximum absolute atomic E-state index is 11.6. The second-order valence-electron chi connectivity index (χ2n) is 12.8. The lowest BCUT2D eigenvalue weighted by molar-refractivity contribution is 0.0168. The van der Waals surface area contributed by atoms with Gasteiger partial charge in [0.15, 0.2) is 0 Å². The van der Waals surface area contributed by atoms with Gasteiger partial charge < -0.3 is 10.2 Å². The van der Waals surface area contributed by atoms with Gasteiger partial charge in [-0.25, -0.2) is 0 Å². The molecule has 0 saturated heterocycles. The minimum atomic E-state index is -0.855. The van der Waals surface area contributed by atoms with Gasteiger partial charge in [-0.2, -0.15) is 0 Å². The van der Waals surface area contributed by atoms with Gasteiger partial charge in [0.05, 0.1) is 6.10 Å². The lowest BCUT2D eigenvalue weighted by Gasteiger charge is -2.37. The minimum absolute atomic E-state index is 0.106. The highest BCUT2D eigenvalue weighted by Gasteiger charge is 2.30. The van der Waals surface area contributed by atoms with Crippen LogP contribution in [0.5, 0.6) is 0 Å². The molecule has 0 radical (unpaired) electrons. The molecule has 0 spiro atoms. The molecule has 4 atom stereocenters. The number of benzene rings is 4. The molecule has 2 N–H and O–H groups in total. The summed E-state index contributed by atoms with van der Waals surface area (Å²) in [4.78, 5) is 4.71. The van der Waals surface area contributed by atoms with Crippen LogP contribution < -0.4 is 0 Å². The van der Waals surface area contributed by atoms with Crippen molar-refractivity contribution in [2.45, 2.75) is 84.6 Å². The Labute approximate surface area is 271 Å². The predicted octanol–water partition coefficient (Wildman–Crippen LogP) is 7.56. The van der Waals surface area contributed by atoms with E-state index in [2.05, 4.69) is 146 Å². The van der Waals surface area contributed by atoms with E-state index in [0.29, 0.717) is 19.5 Å². The summed E-state index contributed by atoms with van der Waals surface area (Å²) in [6.07, 6.45) is -1.23. The summed E-state index contributed by atoms with van der Waals surface area (Å²) < 4.78 is 0. The largest absolute Gasteiger partial charge is 0.390 e. The van der Waals surface area contributed by atoms with E-state index in [1.54, 1.807) is 0 Å². The minimum Gasteiger partial charge on any atom is -0.390 e. The zero-order valence-electron chi connectivity index (χ0n) is 27.3. The van der Waals surface area contributed by atoms with Crippen molar-refractivity contribution in [2.75, 3.05) is 0 Å². The summed E-state index contributed by atoms with van der Waals surface area (Å²) in [5, 5.41) is 23.2. The Hall–Kier alpha value is -3.72. The van der Waals surface area contributed by atoms with Crippen molar-refractivity contribution < 1.29 is 10.2 Å². The van der Waals surface area contributed by atoms with E-state index >= 15 is 0 Å². The number of hydrogen-bond donors (Lipinski definition) is 2. The highest BCUT2D eigenvalue weighted by Crippen LogP contribution is 2.24. The van der Waals surface area contributed by atoms with Crippen LogP contribution in [0.3, 0.4) is 0 Å². The fraction of sp³-hybridized carbons (Fsp3) is 0.366. The van der Waals surface area contributed by atoms with Gasteiger partial charge in [-0.05, 0) is 34.1 Å². The molecular formula is C41H50N2O2. The van der Waals surface area contributed by atoms with Crippen molar-refractivity contribution in [3.63, 3.8) is 0 Å². The molecule has 0 heterocycles. The topological polar surface area (TPSA) is 46.9 Å². The molecule has 4 aromatic rings. The fourth-order valence-electron chi connectivity index (χ4n) is 6.37. The van der Waals surface area contributed by atoms with Crippen LogP contribution in [0.4, 0.5) is 0 Å². The van der Waals surface area contributed by atoms with E-state index < -0.39 is 12.2 Å². The number of aliphatic hydroxyl groups excluding tert-OH is 2. The Bertz CT molecular complexity index is 1350. The van der Waals surface area contributed by atoms with Crippen LogP contribution in [0.15, 0.2) is 121 Å². The second-order valence-corrected chi connectivity index (χ2v) is 12.8. The third-order valence-electron chi connectivity index (χ3n) is 8.40. The summed E-state index contributed by atoms with van der Waals surface area (Å²) in [7, 11) is 0. The van der Waals surface area contributed by atoms with Gasteiger partial charge in [-0.15, -0.1) is 0 Å². The molecule has 0 bridgehead atoms. The van der Waals surface area contributed by atoms with Crippen molar-refractivity contribution in [2.24, 2.45) is 11.8 Å². The molecule has 4 nitrogen and oxygen atoms in total. The highest BCUT2D eigenvalue weighted by atomic mass is 16.3. The number of hydrogen-bond acceptors (Lipinski definition) is 4. The average Bonchev–Trinajstić information content (AvgIpc) is 3.03. The molecule has 45 heavy (non-hydrogen) atoms. The number of aliphatic hydroxyl groups is 2. The molecule has 0 unspecified atom stereocenters. The van der Waals surface area contributed by atoms with Gasteiger partial charge >= 0.3 is 0 Å². The lowest BCUT2D eigenvalue weighted by atomic mass is 9.92. The van der Waals surface area contributed by atoms with Gasteiger partial charge in [-0.3, -0.25) is 9.80 Å².